The number of esters is 1. The molecule has 0 amide bonds. The molecule has 8 nitrogen and oxygen atoms in total. The molecule has 0 saturated carbocycles. The SMILES string of the molecule is O=C(Cn1cnnn1)O[C@@H](C(=O)c1c[nH]c2ccccc12)c1ccccc1. The van der Waals surface area contributed by atoms with Gasteiger partial charge >= 0.3 is 5.97 Å². The molecule has 2 heterocycles. The van der Waals surface area contributed by atoms with Crippen LogP contribution in [0.2, 0.25) is 0 Å². The smallest absolute Gasteiger partial charge is 0.328 e. The van der Waals surface area contributed by atoms with Crippen LogP contribution in [0.15, 0.2) is 67.1 Å². The Morgan fingerprint density at radius 1 is 1.07 bits per heavy atom. The highest BCUT2D eigenvalue weighted by Gasteiger charge is 2.28. The molecule has 4 rings (SSSR count). The van der Waals surface area contributed by atoms with Crippen molar-refractivity contribution in [3.05, 3.63) is 78.2 Å². The van der Waals surface area contributed by atoms with Crippen molar-refractivity contribution in [3.8, 4) is 0 Å². The Bertz CT molecular complexity index is 1070. The molecule has 1 N–H and O–H groups in total. The molecule has 4 aromatic rings. The second-order valence-corrected chi connectivity index (χ2v) is 5.90. The third kappa shape index (κ3) is 3.45. The van der Waals surface area contributed by atoms with Crippen LogP contribution in [0, 0.1) is 0 Å². The van der Waals surface area contributed by atoms with Gasteiger partial charge in [-0.1, -0.05) is 48.5 Å². The fraction of sp³-hybridized carbons (Fsp3) is 0.105. The number of nitrogens with zero attached hydrogens (tertiary/aromatic N) is 4. The molecule has 27 heavy (non-hydrogen) atoms. The van der Waals surface area contributed by atoms with Gasteiger partial charge in [0.1, 0.15) is 12.9 Å². The first kappa shape index (κ1) is 16.6. The van der Waals surface area contributed by atoms with Crippen LogP contribution in [0.5, 0.6) is 0 Å². The molecular weight excluding hydrogens is 346 g/mol. The first-order chi connectivity index (χ1) is 13.2. The van der Waals surface area contributed by atoms with E-state index in [1.165, 1.54) is 11.0 Å². The fourth-order valence-corrected chi connectivity index (χ4v) is 2.87. The molecule has 0 unspecified atom stereocenters. The predicted molar refractivity (Wildman–Crippen MR) is 95.7 cm³/mol. The number of ether oxygens (including phenoxy) is 1. The van der Waals surface area contributed by atoms with E-state index >= 15 is 0 Å². The number of carbonyl (C=O) groups is 2. The number of nitrogens with one attached hydrogen (secondary N) is 1. The zero-order valence-electron chi connectivity index (χ0n) is 14.1. The minimum absolute atomic E-state index is 0.183. The highest BCUT2D eigenvalue weighted by atomic mass is 16.5. The zero-order valence-corrected chi connectivity index (χ0v) is 14.1. The zero-order chi connectivity index (χ0) is 18.6. The molecule has 0 fully saturated rings. The third-order valence-electron chi connectivity index (χ3n) is 4.13. The average molecular weight is 361 g/mol. The van der Waals surface area contributed by atoms with E-state index in [0.29, 0.717) is 11.1 Å². The van der Waals surface area contributed by atoms with E-state index < -0.39 is 12.1 Å². The maximum Gasteiger partial charge on any atom is 0.328 e. The third-order valence-corrected chi connectivity index (χ3v) is 4.13. The first-order valence-electron chi connectivity index (χ1n) is 8.28. The van der Waals surface area contributed by atoms with Crippen molar-refractivity contribution in [1.82, 2.24) is 25.2 Å². The summed E-state index contributed by atoms with van der Waals surface area (Å²) < 4.78 is 6.76. The van der Waals surface area contributed by atoms with Crippen LogP contribution in [0.4, 0.5) is 0 Å². The second kappa shape index (κ2) is 7.20. The molecule has 8 heteroatoms. The summed E-state index contributed by atoms with van der Waals surface area (Å²) in [5.41, 5.74) is 1.90. The van der Waals surface area contributed by atoms with Gasteiger partial charge in [-0.15, -0.1) is 5.10 Å². The monoisotopic (exact) mass is 361 g/mol. The summed E-state index contributed by atoms with van der Waals surface area (Å²) in [5.74, 6) is -0.909. The van der Waals surface area contributed by atoms with E-state index in [-0.39, 0.29) is 12.3 Å². The number of hydrogen-bond donors (Lipinski definition) is 1. The number of ketones is 1. The standard InChI is InChI=1S/C19H15N5O3/c25-17(11-24-12-21-22-23-24)27-19(13-6-2-1-3-7-13)18(26)15-10-20-16-9-5-4-8-14(15)16/h1-10,12,19-20H,11H2/t19-/m1/s1. The summed E-state index contributed by atoms with van der Waals surface area (Å²) in [6.45, 7) is -0.183. The number of rotatable bonds is 6. The van der Waals surface area contributed by atoms with Crippen LogP contribution in [-0.4, -0.2) is 36.9 Å². The van der Waals surface area contributed by atoms with Crippen molar-refractivity contribution in [2.75, 3.05) is 0 Å². The number of Topliss-reactive ketones (excluding diaryl/α,β-unsaturated/α-hetero) is 1. The van der Waals surface area contributed by atoms with Crippen molar-refractivity contribution in [3.63, 3.8) is 0 Å². The number of tetrazole rings is 1. The van der Waals surface area contributed by atoms with Crippen molar-refractivity contribution in [1.29, 1.82) is 0 Å². The molecule has 0 aliphatic rings. The summed E-state index contributed by atoms with van der Waals surface area (Å²) in [7, 11) is 0. The van der Waals surface area contributed by atoms with Gasteiger partial charge in [-0.05, 0) is 16.5 Å². The quantitative estimate of drug-likeness (QED) is 0.418. The highest BCUT2D eigenvalue weighted by molar-refractivity contribution is 6.10. The minimum Gasteiger partial charge on any atom is -0.448 e. The molecule has 0 aliphatic carbocycles. The van der Waals surface area contributed by atoms with E-state index in [0.717, 1.165) is 10.9 Å². The largest absolute Gasteiger partial charge is 0.448 e. The van der Waals surface area contributed by atoms with E-state index in [2.05, 4.69) is 20.5 Å². The lowest BCUT2D eigenvalue weighted by Crippen LogP contribution is -2.23. The first-order valence-corrected chi connectivity index (χ1v) is 8.28. The maximum atomic E-state index is 13.2. The van der Waals surface area contributed by atoms with Crippen molar-refractivity contribution < 1.29 is 14.3 Å². The fourth-order valence-electron chi connectivity index (χ4n) is 2.87. The summed E-state index contributed by atoms with van der Waals surface area (Å²) in [5, 5.41) is 11.4. The van der Waals surface area contributed by atoms with Crippen LogP contribution < -0.4 is 0 Å². The molecule has 0 aliphatic heterocycles. The van der Waals surface area contributed by atoms with Gasteiger partial charge in [0.2, 0.25) is 5.78 Å². The minimum atomic E-state index is -1.06. The van der Waals surface area contributed by atoms with Gasteiger partial charge in [-0.3, -0.25) is 9.59 Å². The summed E-state index contributed by atoms with van der Waals surface area (Å²) >= 11 is 0. The van der Waals surface area contributed by atoms with Gasteiger partial charge in [-0.25, -0.2) is 4.68 Å². The Balaban J connectivity index is 1.65. The Morgan fingerprint density at radius 2 is 1.85 bits per heavy atom. The van der Waals surface area contributed by atoms with E-state index in [1.807, 2.05) is 30.3 Å². The van der Waals surface area contributed by atoms with Crippen LogP contribution >= 0.6 is 0 Å². The lowest BCUT2D eigenvalue weighted by molar-refractivity contribution is -0.148. The predicted octanol–water partition coefficient (Wildman–Crippen LogP) is 2.32. The van der Waals surface area contributed by atoms with E-state index in [1.54, 1.807) is 30.5 Å². The summed E-state index contributed by atoms with van der Waals surface area (Å²) in [6, 6.07) is 16.4. The number of aromatic amines is 1. The molecule has 1 atom stereocenters. The second-order valence-electron chi connectivity index (χ2n) is 5.90. The van der Waals surface area contributed by atoms with Crippen LogP contribution in [0.3, 0.4) is 0 Å². The number of H-pyrrole nitrogens is 1. The van der Waals surface area contributed by atoms with Crippen molar-refractivity contribution in [2.45, 2.75) is 12.6 Å². The van der Waals surface area contributed by atoms with E-state index in [9.17, 15) is 9.59 Å². The lowest BCUT2D eigenvalue weighted by atomic mass is 9.99. The molecule has 2 aromatic heterocycles. The van der Waals surface area contributed by atoms with Crippen molar-refractivity contribution in [2.24, 2.45) is 0 Å². The average Bonchev–Trinajstić information content (AvgIpc) is 3.36. The molecule has 2 aromatic carbocycles. The normalized spacial score (nSPS) is 12.0. The maximum absolute atomic E-state index is 13.2. The van der Waals surface area contributed by atoms with Gasteiger partial charge in [0.05, 0.1) is 0 Å². The molecule has 0 radical (unpaired) electrons. The molecule has 134 valence electrons. The summed E-state index contributed by atoms with van der Waals surface area (Å²) in [4.78, 5) is 28.6. The molecule has 0 saturated heterocycles. The van der Waals surface area contributed by atoms with Gasteiger partial charge in [0.25, 0.3) is 0 Å². The molecule has 0 bridgehead atoms. The Kier molecular flexibility index (Phi) is 4.44. The number of benzene rings is 2. The van der Waals surface area contributed by atoms with Crippen LogP contribution in [0.25, 0.3) is 10.9 Å². The topological polar surface area (TPSA) is 103 Å². The number of para-hydroxylation sites is 1. The number of hydrogen-bond acceptors (Lipinski definition) is 6. The summed E-state index contributed by atoms with van der Waals surface area (Å²) in [6.07, 6.45) is 1.88. The van der Waals surface area contributed by atoms with Gasteiger partial charge in [0, 0.05) is 28.2 Å². The van der Waals surface area contributed by atoms with E-state index in [4.69, 9.17) is 4.74 Å². The Morgan fingerprint density at radius 3 is 2.63 bits per heavy atom. The molecule has 0 spiro atoms. The lowest BCUT2D eigenvalue weighted by Gasteiger charge is -2.17. The number of fused-ring (bicyclic) bond motifs is 1. The van der Waals surface area contributed by atoms with Gasteiger partial charge in [0.15, 0.2) is 6.10 Å². The van der Waals surface area contributed by atoms with Gasteiger partial charge < -0.3 is 9.72 Å². The number of aromatic nitrogens is 5. The Labute approximate surface area is 153 Å². The van der Waals surface area contributed by atoms with Gasteiger partial charge in [-0.2, -0.15) is 0 Å². The van der Waals surface area contributed by atoms with Crippen LogP contribution in [-0.2, 0) is 16.1 Å². The number of carbonyl (C=O) groups excluding carboxylic acids is 2. The Hall–Kier alpha value is -3.81. The highest BCUT2D eigenvalue weighted by Crippen LogP contribution is 2.27. The molecular formula is C19H15N5O3. The van der Waals surface area contributed by atoms with Crippen molar-refractivity contribution >= 4 is 22.7 Å². The van der Waals surface area contributed by atoms with Crippen LogP contribution in [0.1, 0.15) is 22.0 Å².